The lowest BCUT2D eigenvalue weighted by Crippen LogP contribution is -2.56. The van der Waals surface area contributed by atoms with Crippen LogP contribution in [0.15, 0.2) is 73.3 Å². The number of anilines is 1. The SMILES string of the molecule is O=C(C1CNCCN1)N(Cc1ccccc1)c1cccc(Cn2ccnc2)c1. The number of rotatable bonds is 6. The zero-order valence-corrected chi connectivity index (χ0v) is 15.8. The molecule has 0 spiro atoms. The topological polar surface area (TPSA) is 62.2 Å². The predicted molar refractivity (Wildman–Crippen MR) is 110 cm³/mol. The summed E-state index contributed by atoms with van der Waals surface area (Å²) in [5.74, 6) is 0.0934. The van der Waals surface area contributed by atoms with Gasteiger partial charge in [0.25, 0.3) is 0 Å². The molecule has 2 N–H and O–H groups in total. The van der Waals surface area contributed by atoms with E-state index in [2.05, 4.69) is 39.9 Å². The second-order valence-corrected chi connectivity index (χ2v) is 7.03. The molecule has 28 heavy (non-hydrogen) atoms. The lowest BCUT2D eigenvalue weighted by Gasteiger charge is -2.31. The molecule has 4 rings (SSSR count). The minimum absolute atomic E-state index is 0.0934. The fourth-order valence-corrected chi connectivity index (χ4v) is 3.49. The van der Waals surface area contributed by atoms with Crippen LogP contribution >= 0.6 is 0 Å². The van der Waals surface area contributed by atoms with Gasteiger partial charge < -0.3 is 20.1 Å². The zero-order valence-electron chi connectivity index (χ0n) is 15.8. The van der Waals surface area contributed by atoms with Gasteiger partial charge in [-0.25, -0.2) is 4.98 Å². The maximum Gasteiger partial charge on any atom is 0.245 e. The first-order valence-corrected chi connectivity index (χ1v) is 9.64. The number of amides is 1. The van der Waals surface area contributed by atoms with E-state index in [1.165, 1.54) is 0 Å². The molecule has 1 amide bonds. The summed E-state index contributed by atoms with van der Waals surface area (Å²) < 4.78 is 2.02. The molecule has 1 atom stereocenters. The summed E-state index contributed by atoms with van der Waals surface area (Å²) >= 11 is 0. The number of nitrogens with zero attached hydrogens (tertiary/aromatic N) is 3. The van der Waals surface area contributed by atoms with Crippen LogP contribution in [0.3, 0.4) is 0 Å². The van der Waals surface area contributed by atoms with Gasteiger partial charge in [-0.2, -0.15) is 0 Å². The zero-order chi connectivity index (χ0) is 19.2. The number of carbonyl (C=O) groups excluding carboxylic acids is 1. The minimum atomic E-state index is -0.213. The molecule has 6 heteroatoms. The summed E-state index contributed by atoms with van der Waals surface area (Å²) in [6.45, 7) is 3.62. The fourth-order valence-electron chi connectivity index (χ4n) is 3.49. The highest BCUT2D eigenvalue weighted by Crippen LogP contribution is 2.21. The maximum atomic E-state index is 13.3. The van der Waals surface area contributed by atoms with E-state index >= 15 is 0 Å². The summed E-state index contributed by atoms with van der Waals surface area (Å²) in [5.41, 5.74) is 3.16. The predicted octanol–water partition coefficient (Wildman–Crippen LogP) is 2.03. The van der Waals surface area contributed by atoms with Crippen molar-refractivity contribution in [3.63, 3.8) is 0 Å². The third-order valence-electron chi connectivity index (χ3n) is 4.94. The number of benzene rings is 2. The molecule has 0 saturated carbocycles. The van der Waals surface area contributed by atoms with Crippen molar-refractivity contribution >= 4 is 11.6 Å². The van der Waals surface area contributed by atoms with E-state index < -0.39 is 0 Å². The summed E-state index contributed by atoms with van der Waals surface area (Å²) in [4.78, 5) is 19.3. The van der Waals surface area contributed by atoms with Crippen molar-refractivity contribution in [3.05, 3.63) is 84.4 Å². The Morgan fingerprint density at radius 1 is 1.11 bits per heavy atom. The van der Waals surface area contributed by atoms with E-state index in [9.17, 15) is 4.79 Å². The molecule has 1 aromatic heterocycles. The van der Waals surface area contributed by atoms with Gasteiger partial charge in [0, 0.05) is 44.3 Å². The molecule has 0 bridgehead atoms. The molecule has 0 radical (unpaired) electrons. The summed E-state index contributed by atoms with van der Waals surface area (Å²) in [6, 6.07) is 18.1. The number of hydrogen-bond acceptors (Lipinski definition) is 4. The summed E-state index contributed by atoms with van der Waals surface area (Å²) in [5, 5.41) is 6.65. The van der Waals surface area contributed by atoms with Crippen LogP contribution in [0, 0.1) is 0 Å². The van der Waals surface area contributed by atoms with Crippen molar-refractivity contribution in [2.24, 2.45) is 0 Å². The number of carbonyl (C=O) groups is 1. The van der Waals surface area contributed by atoms with Crippen molar-refractivity contribution in [1.29, 1.82) is 0 Å². The Bertz CT molecular complexity index is 888. The molecular weight excluding hydrogens is 350 g/mol. The molecule has 2 aromatic carbocycles. The van der Waals surface area contributed by atoms with Gasteiger partial charge in [0.2, 0.25) is 5.91 Å². The van der Waals surface area contributed by atoms with Crippen LogP contribution in [0.4, 0.5) is 5.69 Å². The Hall–Kier alpha value is -2.96. The molecule has 0 aliphatic carbocycles. The molecule has 2 heterocycles. The molecule has 3 aromatic rings. The summed E-state index contributed by atoms with van der Waals surface area (Å²) in [6.07, 6.45) is 5.52. The first-order chi connectivity index (χ1) is 13.8. The van der Waals surface area contributed by atoms with Crippen molar-refractivity contribution in [1.82, 2.24) is 20.2 Å². The van der Waals surface area contributed by atoms with Crippen LogP contribution in [0.2, 0.25) is 0 Å². The van der Waals surface area contributed by atoms with Gasteiger partial charge in [0.05, 0.1) is 18.9 Å². The second kappa shape index (κ2) is 8.82. The van der Waals surface area contributed by atoms with E-state index in [4.69, 9.17) is 0 Å². The number of piperazine rings is 1. The molecule has 144 valence electrons. The van der Waals surface area contributed by atoms with E-state index in [0.29, 0.717) is 13.1 Å². The van der Waals surface area contributed by atoms with E-state index in [-0.39, 0.29) is 11.9 Å². The van der Waals surface area contributed by atoms with Crippen LogP contribution in [0.1, 0.15) is 11.1 Å². The first kappa shape index (κ1) is 18.4. The lowest BCUT2D eigenvalue weighted by molar-refractivity contribution is -0.120. The van der Waals surface area contributed by atoms with Crippen LogP contribution in [0.25, 0.3) is 0 Å². The molecule has 1 saturated heterocycles. The maximum absolute atomic E-state index is 13.3. The average Bonchev–Trinajstić information content (AvgIpc) is 3.26. The third kappa shape index (κ3) is 4.47. The van der Waals surface area contributed by atoms with Gasteiger partial charge in [0.15, 0.2) is 0 Å². The molecule has 1 unspecified atom stereocenters. The Labute approximate surface area is 165 Å². The Morgan fingerprint density at radius 3 is 2.71 bits per heavy atom. The lowest BCUT2D eigenvalue weighted by atomic mass is 10.1. The third-order valence-corrected chi connectivity index (χ3v) is 4.94. The van der Waals surface area contributed by atoms with E-state index in [1.807, 2.05) is 46.0 Å². The van der Waals surface area contributed by atoms with E-state index in [1.54, 1.807) is 12.5 Å². The fraction of sp³-hybridized carbons (Fsp3) is 0.273. The quantitative estimate of drug-likeness (QED) is 0.692. The van der Waals surface area contributed by atoms with Gasteiger partial charge in [-0.1, -0.05) is 42.5 Å². The van der Waals surface area contributed by atoms with Gasteiger partial charge in [-0.3, -0.25) is 4.79 Å². The van der Waals surface area contributed by atoms with Crippen molar-refractivity contribution < 1.29 is 4.79 Å². The smallest absolute Gasteiger partial charge is 0.245 e. The van der Waals surface area contributed by atoms with Gasteiger partial charge in [-0.15, -0.1) is 0 Å². The largest absolute Gasteiger partial charge is 0.333 e. The monoisotopic (exact) mass is 375 g/mol. The number of imidazole rings is 1. The van der Waals surface area contributed by atoms with Crippen LogP contribution in [0.5, 0.6) is 0 Å². The average molecular weight is 375 g/mol. The standard InChI is InChI=1S/C22H25N5O/c28-22(21-14-23-9-10-25-21)27(16-18-5-2-1-3-6-18)20-8-4-7-19(13-20)15-26-12-11-24-17-26/h1-8,11-13,17,21,23,25H,9-10,14-16H2. The van der Waals surface area contributed by atoms with Gasteiger partial charge in [-0.05, 0) is 23.3 Å². The van der Waals surface area contributed by atoms with Crippen molar-refractivity contribution in [2.75, 3.05) is 24.5 Å². The number of hydrogen-bond donors (Lipinski definition) is 2. The van der Waals surface area contributed by atoms with Crippen LogP contribution < -0.4 is 15.5 Å². The van der Waals surface area contributed by atoms with E-state index in [0.717, 1.165) is 36.4 Å². The number of nitrogens with one attached hydrogen (secondary N) is 2. The van der Waals surface area contributed by atoms with Crippen molar-refractivity contribution in [2.45, 2.75) is 19.1 Å². The van der Waals surface area contributed by atoms with Gasteiger partial charge in [0.1, 0.15) is 0 Å². The molecule has 6 nitrogen and oxygen atoms in total. The summed E-state index contributed by atoms with van der Waals surface area (Å²) in [7, 11) is 0. The highest BCUT2D eigenvalue weighted by atomic mass is 16.2. The first-order valence-electron chi connectivity index (χ1n) is 9.64. The molecule has 1 aliphatic heterocycles. The highest BCUT2D eigenvalue weighted by molar-refractivity contribution is 5.97. The highest BCUT2D eigenvalue weighted by Gasteiger charge is 2.27. The minimum Gasteiger partial charge on any atom is -0.333 e. The van der Waals surface area contributed by atoms with Crippen LogP contribution in [-0.2, 0) is 17.9 Å². The second-order valence-electron chi connectivity index (χ2n) is 7.03. The molecule has 1 fully saturated rings. The van der Waals surface area contributed by atoms with Crippen LogP contribution in [-0.4, -0.2) is 41.1 Å². The van der Waals surface area contributed by atoms with Gasteiger partial charge >= 0.3 is 0 Å². The Balaban J connectivity index is 1.61. The Kier molecular flexibility index (Phi) is 5.80. The normalized spacial score (nSPS) is 16.6. The molecule has 1 aliphatic rings. The Morgan fingerprint density at radius 2 is 1.96 bits per heavy atom. The molecular formula is C22H25N5O. The number of aromatic nitrogens is 2. The van der Waals surface area contributed by atoms with Crippen molar-refractivity contribution in [3.8, 4) is 0 Å².